The molecular formula is C14H15Br2NO2. The number of hydrogen-bond acceptors (Lipinski definition) is 2. The number of rotatable bonds is 3. The van der Waals surface area contributed by atoms with Crippen LogP contribution < -0.4 is 0 Å². The largest absolute Gasteiger partial charge is 0.278 e. The standard InChI is InChI=1S/C14H15Br2NO2/c1-2-3-9-6-13(18)17(8-9)14(19)11-5-4-10(15)7-12(11)16/h4-5,7,9H,2-3,6,8H2,1H3. The van der Waals surface area contributed by atoms with Gasteiger partial charge in [-0.15, -0.1) is 0 Å². The van der Waals surface area contributed by atoms with E-state index in [-0.39, 0.29) is 11.8 Å². The SMILES string of the molecule is CCCC1CC(=O)N(C(=O)c2ccc(Br)cc2Br)C1. The fourth-order valence-corrected chi connectivity index (χ4v) is 3.60. The zero-order valence-electron chi connectivity index (χ0n) is 10.7. The van der Waals surface area contributed by atoms with Crippen molar-refractivity contribution >= 4 is 43.7 Å². The summed E-state index contributed by atoms with van der Waals surface area (Å²) in [5.41, 5.74) is 0.536. The molecule has 3 nitrogen and oxygen atoms in total. The van der Waals surface area contributed by atoms with Crippen molar-refractivity contribution in [3.05, 3.63) is 32.7 Å². The minimum atomic E-state index is -0.206. The van der Waals surface area contributed by atoms with Crippen LogP contribution in [0, 0.1) is 5.92 Å². The maximum absolute atomic E-state index is 12.4. The quantitative estimate of drug-likeness (QED) is 0.734. The minimum Gasteiger partial charge on any atom is -0.278 e. The van der Waals surface area contributed by atoms with Crippen molar-refractivity contribution in [3.63, 3.8) is 0 Å². The molecule has 0 aliphatic carbocycles. The molecule has 0 N–H and O–H groups in total. The Morgan fingerprint density at radius 3 is 2.79 bits per heavy atom. The first-order valence-corrected chi connectivity index (χ1v) is 7.91. The first-order chi connectivity index (χ1) is 9.02. The molecule has 0 radical (unpaired) electrons. The van der Waals surface area contributed by atoms with Crippen LogP contribution in [0.25, 0.3) is 0 Å². The predicted octanol–water partition coefficient (Wildman–Crippen LogP) is 4.00. The number of carbonyl (C=O) groups is 2. The Bertz CT molecular complexity index is 516. The number of halogens is 2. The molecule has 5 heteroatoms. The van der Waals surface area contributed by atoms with Crippen LogP contribution >= 0.6 is 31.9 Å². The molecule has 0 aromatic heterocycles. The van der Waals surface area contributed by atoms with Crippen molar-refractivity contribution in [2.75, 3.05) is 6.54 Å². The second kappa shape index (κ2) is 6.18. The summed E-state index contributed by atoms with van der Waals surface area (Å²) in [6, 6.07) is 5.36. The minimum absolute atomic E-state index is 0.0572. The van der Waals surface area contributed by atoms with E-state index in [1.54, 1.807) is 6.07 Å². The summed E-state index contributed by atoms with van der Waals surface area (Å²) in [7, 11) is 0. The van der Waals surface area contributed by atoms with Crippen LogP contribution in [-0.2, 0) is 4.79 Å². The Balaban J connectivity index is 2.18. The second-order valence-electron chi connectivity index (χ2n) is 4.79. The number of hydrogen-bond donors (Lipinski definition) is 0. The molecule has 1 aliphatic heterocycles. The van der Waals surface area contributed by atoms with Gasteiger partial charge >= 0.3 is 0 Å². The molecule has 1 unspecified atom stereocenters. The molecule has 1 aromatic carbocycles. The molecule has 1 aliphatic rings. The Morgan fingerprint density at radius 2 is 2.16 bits per heavy atom. The molecule has 102 valence electrons. The van der Waals surface area contributed by atoms with Crippen LogP contribution in [0.1, 0.15) is 36.5 Å². The summed E-state index contributed by atoms with van der Waals surface area (Å²) in [5, 5.41) is 0. The highest BCUT2D eigenvalue weighted by Gasteiger charge is 2.34. The Hall–Kier alpha value is -0.680. The first kappa shape index (κ1) is 14.7. The highest BCUT2D eigenvalue weighted by Crippen LogP contribution is 2.27. The van der Waals surface area contributed by atoms with Gasteiger partial charge in [0.25, 0.3) is 5.91 Å². The summed E-state index contributed by atoms with van der Waals surface area (Å²) in [5.74, 6) is 0.0527. The molecule has 0 spiro atoms. The molecule has 1 saturated heterocycles. The van der Waals surface area contributed by atoms with E-state index in [0.29, 0.717) is 28.9 Å². The van der Waals surface area contributed by atoms with Crippen molar-refractivity contribution in [1.29, 1.82) is 0 Å². The number of amides is 2. The molecular weight excluding hydrogens is 374 g/mol. The van der Waals surface area contributed by atoms with E-state index in [4.69, 9.17) is 0 Å². The van der Waals surface area contributed by atoms with Gasteiger partial charge in [-0.05, 0) is 46.5 Å². The molecule has 1 fully saturated rings. The average molecular weight is 389 g/mol. The van der Waals surface area contributed by atoms with Gasteiger partial charge in [0.05, 0.1) is 5.56 Å². The number of benzene rings is 1. The van der Waals surface area contributed by atoms with Crippen molar-refractivity contribution in [1.82, 2.24) is 4.90 Å². The molecule has 1 atom stereocenters. The van der Waals surface area contributed by atoms with Gasteiger partial charge in [-0.1, -0.05) is 29.3 Å². The molecule has 1 heterocycles. The molecule has 2 amide bonds. The lowest BCUT2D eigenvalue weighted by molar-refractivity contribution is -0.125. The topological polar surface area (TPSA) is 37.4 Å². The van der Waals surface area contributed by atoms with Crippen molar-refractivity contribution in [2.24, 2.45) is 5.92 Å². The normalized spacial score (nSPS) is 19.0. The number of nitrogens with zero attached hydrogens (tertiary/aromatic N) is 1. The summed E-state index contributed by atoms with van der Waals surface area (Å²) >= 11 is 6.72. The lowest BCUT2D eigenvalue weighted by atomic mass is 10.0. The third-order valence-corrected chi connectivity index (χ3v) is 4.46. The smallest absolute Gasteiger partial charge is 0.261 e. The van der Waals surface area contributed by atoms with Gasteiger partial charge < -0.3 is 0 Å². The van der Waals surface area contributed by atoms with Gasteiger partial charge in [0.2, 0.25) is 5.91 Å². The number of likely N-dealkylation sites (tertiary alicyclic amines) is 1. The summed E-state index contributed by atoms with van der Waals surface area (Å²) < 4.78 is 1.60. The maximum atomic E-state index is 12.4. The van der Waals surface area contributed by atoms with Gasteiger partial charge in [-0.3, -0.25) is 14.5 Å². The Labute approximate surface area is 129 Å². The molecule has 1 aromatic rings. The van der Waals surface area contributed by atoms with Gasteiger partial charge in [0, 0.05) is 21.9 Å². The second-order valence-corrected chi connectivity index (χ2v) is 6.56. The van der Waals surface area contributed by atoms with E-state index in [1.165, 1.54) is 4.90 Å². The van der Waals surface area contributed by atoms with E-state index < -0.39 is 0 Å². The third kappa shape index (κ3) is 3.26. The van der Waals surface area contributed by atoms with Crippen LogP contribution in [0.2, 0.25) is 0 Å². The lowest BCUT2D eigenvalue weighted by Gasteiger charge is -2.15. The van der Waals surface area contributed by atoms with E-state index in [2.05, 4.69) is 38.8 Å². The Kier molecular flexibility index (Phi) is 4.79. The van der Waals surface area contributed by atoms with Crippen molar-refractivity contribution in [2.45, 2.75) is 26.2 Å². The first-order valence-electron chi connectivity index (χ1n) is 6.32. The predicted molar refractivity (Wildman–Crippen MR) is 80.9 cm³/mol. The van der Waals surface area contributed by atoms with Crippen LogP contribution in [0.15, 0.2) is 27.1 Å². The van der Waals surface area contributed by atoms with Crippen LogP contribution in [0.4, 0.5) is 0 Å². The lowest BCUT2D eigenvalue weighted by Crippen LogP contribution is -2.32. The summed E-state index contributed by atoms with van der Waals surface area (Å²) in [4.78, 5) is 25.7. The molecule has 19 heavy (non-hydrogen) atoms. The van der Waals surface area contributed by atoms with Gasteiger partial charge in [0.15, 0.2) is 0 Å². The fourth-order valence-electron chi connectivity index (χ4n) is 2.39. The molecule has 0 bridgehead atoms. The Morgan fingerprint density at radius 1 is 1.42 bits per heavy atom. The third-order valence-electron chi connectivity index (χ3n) is 3.31. The summed E-state index contributed by atoms with van der Waals surface area (Å²) in [6.45, 7) is 2.65. The van der Waals surface area contributed by atoms with Crippen molar-refractivity contribution < 1.29 is 9.59 Å². The fraction of sp³-hybridized carbons (Fsp3) is 0.429. The van der Waals surface area contributed by atoms with Crippen molar-refractivity contribution in [3.8, 4) is 0 Å². The molecule has 2 rings (SSSR count). The van der Waals surface area contributed by atoms with Gasteiger partial charge in [0.1, 0.15) is 0 Å². The highest BCUT2D eigenvalue weighted by atomic mass is 79.9. The van der Waals surface area contributed by atoms with E-state index in [0.717, 1.165) is 17.3 Å². The monoisotopic (exact) mass is 387 g/mol. The highest BCUT2D eigenvalue weighted by molar-refractivity contribution is 9.11. The number of carbonyl (C=O) groups excluding carboxylic acids is 2. The van der Waals surface area contributed by atoms with Crippen LogP contribution in [0.5, 0.6) is 0 Å². The maximum Gasteiger partial charge on any atom is 0.261 e. The van der Waals surface area contributed by atoms with E-state index in [1.807, 2.05) is 12.1 Å². The zero-order chi connectivity index (χ0) is 14.0. The van der Waals surface area contributed by atoms with Crippen LogP contribution in [-0.4, -0.2) is 23.3 Å². The van der Waals surface area contributed by atoms with Gasteiger partial charge in [-0.25, -0.2) is 0 Å². The average Bonchev–Trinajstić information content (AvgIpc) is 2.70. The van der Waals surface area contributed by atoms with Crippen LogP contribution in [0.3, 0.4) is 0 Å². The van der Waals surface area contributed by atoms with Gasteiger partial charge in [-0.2, -0.15) is 0 Å². The summed E-state index contributed by atoms with van der Waals surface area (Å²) in [6.07, 6.45) is 2.53. The number of imide groups is 1. The molecule has 0 saturated carbocycles. The van der Waals surface area contributed by atoms with E-state index >= 15 is 0 Å². The zero-order valence-corrected chi connectivity index (χ0v) is 13.8. The van der Waals surface area contributed by atoms with E-state index in [9.17, 15) is 9.59 Å².